The van der Waals surface area contributed by atoms with E-state index >= 15 is 0 Å². The number of methoxy groups -OCH3 is 1. The lowest BCUT2D eigenvalue weighted by atomic mass is 10.1. The van der Waals surface area contributed by atoms with Gasteiger partial charge in [0, 0.05) is 42.3 Å². The molecule has 0 aromatic heterocycles. The molecule has 1 aliphatic rings. The van der Waals surface area contributed by atoms with E-state index in [4.69, 9.17) is 4.74 Å². The molecule has 0 aliphatic carbocycles. The molecule has 0 radical (unpaired) electrons. The Morgan fingerprint density at radius 2 is 2.35 bits per heavy atom. The van der Waals surface area contributed by atoms with Crippen molar-refractivity contribution in [1.82, 2.24) is 10.2 Å². The molecule has 1 N–H and O–H groups in total. The van der Waals surface area contributed by atoms with Crippen molar-refractivity contribution < 1.29 is 4.74 Å². The molecule has 4 heteroatoms. The zero-order chi connectivity index (χ0) is 12.3. The number of hydrogen-bond acceptors (Lipinski definition) is 3. The third kappa shape index (κ3) is 3.21. The lowest BCUT2D eigenvalue weighted by molar-refractivity contribution is 0.197. The Kier molecular flexibility index (Phi) is 4.42. The van der Waals surface area contributed by atoms with Crippen LogP contribution in [0.1, 0.15) is 12.5 Å². The van der Waals surface area contributed by atoms with E-state index in [1.165, 1.54) is 5.56 Å². The van der Waals surface area contributed by atoms with Crippen LogP contribution in [0.5, 0.6) is 5.75 Å². The van der Waals surface area contributed by atoms with Crippen LogP contribution in [0, 0.1) is 0 Å². The van der Waals surface area contributed by atoms with E-state index in [0.717, 1.165) is 36.4 Å². The van der Waals surface area contributed by atoms with Gasteiger partial charge in [0.05, 0.1) is 7.11 Å². The second-order valence-corrected chi connectivity index (χ2v) is 5.37. The second kappa shape index (κ2) is 5.85. The molecule has 0 saturated carbocycles. The Morgan fingerprint density at radius 3 is 3.06 bits per heavy atom. The van der Waals surface area contributed by atoms with Crippen LogP contribution in [0.3, 0.4) is 0 Å². The highest BCUT2D eigenvalue weighted by atomic mass is 79.9. The summed E-state index contributed by atoms with van der Waals surface area (Å²) in [6.07, 6.45) is 0. The average molecular weight is 299 g/mol. The normalized spacial score (nSPS) is 21.5. The van der Waals surface area contributed by atoms with Gasteiger partial charge in [0.25, 0.3) is 0 Å². The Balaban J connectivity index is 2.12. The summed E-state index contributed by atoms with van der Waals surface area (Å²) in [5.74, 6) is 0.963. The fraction of sp³-hybridized carbons (Fsp3) is 0.538. The number of halogens is 1. The van der Waals surface area contributed by atoms with E-state index in [2.05, 4.69) is 39.1 Å². The molecule has 94 valence electrons. The highest BCUT2D eigenvalue weighted by Gasteiger charge is 2.18. The van der Waals surface area contributed by atoms with Crippen molar-refractivity contribution in [2.24, 2.45) is 0 Å². The highest BCUT2D eigenvalue weighted by molar-refractivity contribution is 9.10. The minimum atomic E-state index is 0.567. The first-order valence-electron chi connectivity index (χ1n) is 5.98. The molecule has 1 fully saturated rings. The van der Waals surface area contributed by atoms with Gasteiger partial charge < -0.3 is 10.1 Å². The summed E-state index contributed by atoms with van der Waals surface area (Å²) in [6.45, 7) is 6.41. The first-order chi connectivity index (χ1) is 8.20. The van der Waals surface area contributed by atoms with E-state index < -0.39 is 0 Å². The Labute approximate surface area is 111 Å². The first kappa shape index (κ1) is 12.9. The maximum atomic E-state index is 5.42. The molecule has 0 bridgehead atoms. The molecular weight excluding hydrogens is 280 g/mol. The SMILES string of the molecule is COc1cccc(Br)c1CN1CCNC(C)C1. The van der Waals surface area contributed by atoms with Crippen LogP contribution >= 0.6 is 15.9 Å². The van der Waals surface area contributed by atoms with E-state index in [1.807, 2.05) is 12.1 Å². The minimum Gasteiger partial charge on any atom is -0.496 e. The predicted octanol–water partition coefficient (Wildman–Crippen LogP) is 2.25. The van der Waals surface area contributed by atoms with Gasteiger partial charge in [0.1, 0.15) is 5.75 Å². The summed E-state index contributed by atoms with van der Waals surface area (Å²) in [5, 5.41) is 3.46. The molecule has 2 rings (SSSR count). The van der Waals surface area contributed by atoms with Crippen molar-refractivity contribution in [3.63, 3.8) is 0 Å². The van der Waals surface area contributed by atoms with Crippen molar-refractivity contribution in [2.45, 2.75) is 19.5 Å². The Hall–Kier alpha value is -0.580. The van der Waals surface area contributed by atoms with Gasteiger partial charge in [-0.1, -0.05) is 22.0 Å². The van der Waals surface area contributed by atoms with Gasteiger partial charge >= 0.3 is 0 Å². The number of nitrogens with one attached hydrogen (secondary N) is 1. The second-order valence-electron chi connectivity index (χ2n) is 4.51. The maximum Gasteiger partial charge on any atom is 0.124 e. The summed E-state index contributed by atoms with van der Waals surface area (Å²) < 4.78 is 6.55. The molecule has 1 heterocycles. The van der Waals surface area contributed by atoms with Crippen molar-refractivity contribution in [3.05, 3.63) is 28.2 Å². The zero-order valence-electron chi connectivity index (χ0n) is 10.4. The largest absolute Gasteiger partial charge is 0.496 e. The predicted molar refractivity (Wildman–Crippen MR) is 73.4 cm³/mol. The quantitative estimate of drug-likeness (QED) is 0.926. The van der Waals surface area contributed by atoms with Crippen LogP contribution in [0.25, 0.3) is 0 Å². The van der Waals surface area contributed by atoms with Crippen LogP contribution in [0.4, 0.5) is 0 Å². The highest BCUT2D eigenvalue weighted by Crippen LogP contribution is 2.28. The topological polar surface area (TPSA) is 24.5 Å². The summed E-state index contributed by atoms with van der Waals surface area (Å²) >= 11 is 3.61. The summed E-state index contributed by atoms with van der Waals surface area (Å²) in [5.41, 5.74) is 1.24. The molecule has 1 atom stereocenters. The first-order valence-corrected chi connectivity index (χ1v) is 6.77. The van der Waals surface area contributed by atoms with Crippen molar-refractivity contribution in [2.75, 3.05) is 26.7 Å². The molecule has 1 saturated heterocycles. The maximum absolute atomic E-state index is 5.42. The molecule has 0 amide bonds. The summed E-state index contributed by atoms with van der Waals surface area (Å²) in [4.78, 5) is 2.46. The number of benzene rings is 1. The lowest BCUT2D eigenvalue weighted by Gasteiger charge is -2.32. The molecule has 1 aromatic carbocycles. The fourth-order valence-electron chi connectivity index (χ4n) is 2.26. The third-order valence-corrected chi connectivity index (χ3v) is 3.87. The number of nitrogens with zero attached hydrogens (tertiary/aromatic N) is 1. The van der Waals surface area contributed by atoms with Crippen LogP contribution in [0.2, 0.25) is 0 Å². The van der Waals surface area contributed by atoms with Gasteiger partial charge in [-0.25, -0.2) is 0 Å². The lowest BCUT2D eigenvalue weighted by Crippen LogP contribution is -2.48. The van der Waals surface area contributed by atoms with Crippen LogP contribution in [0.15, 0.2) is 22.7 Å². The van der Waals surface area contributed by atoms with E-state index in [-0.39, 0.29) is 0 Å². The number of hydrogen-bond donors (Lipinski definition) is 1. The number of piperazine rings is 1. The van der Waals surface area contributed by atoms with E-state index in [9.17, 15) is 0 Å². The molecule has 3 nitrogen and oxygen atoms in total. The number of ether oxygens (including phenoxy) is 1. The Morgan fingerprint density at radius 1 is 1.53 bits per heavy atom. The standard InChI is InChI=1S/C13H19BrN2O/c1-10-8-16(7-6-15-10)9-11-12(14)4-3-5-13(11)17-2/h3-5,10,15H,6-9H2,1-2H3. The van der Waals surface area contributed by atoms with Gasteiger partial charge in [0.15, 0.2) is 0 Å². The minimum absolute atomic E-state index is 0.567. The summed E-state index contributed by atoms with van der Waals surface area (Å²) in [6, 6.07) is 6.67. The van der Waals surface area contributed by atoms with Gasteiger partial charge in [-0.2, -0.15) is 0 Å². The fourth-order valence-corrected chi connectivity index (χ4v) is 2.74. The molecule has 0 spiro atoms. The number of rotatable bonds is 3. The van der Waals surface area contributed by atoms with Gasteiger partial charge in [0.2, 0.25) is 0 Å². The van der Waals surface area contributed by atoms with Crippen LogP contribution < -0.4 is 10.1 Å². The van der Waals surface area contributed by atoms with Crippen LogP contribution in [-0.4, -0.2) is 37.7 Å². The van der Waals surface area contributed by atoms with Crippen molar-refractivity contribution in [1.29, 1.82) is 0 Å². The third-order valence-electron chi connectivity index (χ3n) is 3.13. The van der Waals surface area contributed by atoms with Gasteiger partial charge in [-0.05, 0) is 19.1 Å². The van der Waals surface area contributed by atoms with Gasteiger partial charge in [-0.15, -0.1) is 0 Å². The zero-order valence-corrected chi connectivity index (χ0v) is 12.0. The molecule has 1 unspecified atom stereocenters. The van der Waals surface area contributed by atoms with Crippen molar-refractivity contribution in [3.8, 4) is 5.75 Å². The molecule has 1 aromatic rings. The van der Waals surface area contributed by atoms with Crippen molar-refractivity contribution >= 4 is 15.9 Å². The van der Waals surface area contributed by atoms with E-state index in [0.29, 0.717) is 6.04 Å². The molecular formula is C13H19BrN2O. The smallest absolute Gasteiger partial charge is 0.124 e. The monoisotopic (exact) mass is 298 g/mol. The summed E-state index contributed by atoms with van der Waals surface area (Å²) in [7, 11) is 1.73. The molecule has 1 aliphatic heterocycles. The molecule has 17 heavy (non-hydrogen) atoms. The van der Waals surface area contributed by atoms with Gasteiger partial charge in [-0.3, -0.25) is 4.90 Å². The Bertz CT molecular complexity index is 384. The average Bonchev–Trinajstić information content (AvgIpc) is 2.32. The van der Waals surface area contributed by atoms with E-state index in [1.54, 1.807) is 7.11 Å². The van der Waals surface area contributed by atoms with Crippen LogP contribution in [-0.2, 0) is 6.54 Å².